The number of hydrogen-bond donors (Lipinski definition) is 0. The summed E-state index contributed by atoms with van der Waals surface area (Å²) in [4.78, 5) is 17.6. The summed E-state index contributed by atoms with van der Waals surface area (Å²) in [6.45, 7) is 13.1. The van der Waals surface area contributed by atoms with E-state index in [4.69, 9.17) is 9.36 Å². The number of hydrogen-bond acceptors (Lipinski definition) is 5. The van der Waals surface area contributed by atoms with Crippen molar-refractivity contribution in [1.29, 1.82) is 0 Å². The van der Waals surface area contributed by atoms with Gasteiger partial charge in [0.1, 0.15) is 5.78 Å². The molecule has 0 aromatic rings. The number of rotatable bonds is 5. The van der Waals surface area contributed by atoms with E-state index in [1.54, 1.807) is 6.92 Å². The Bertz CT molecular complexity index is 306. The van der Waals surface area contributed by atoms with Crippen LogP contribution in [0.1, 0.15) is 48.5 Å². The predicted molar refractivity (Wildman–Crippen MR) is 71.1 cm³/mol. The van der Waals surface area contributed by atoms with Crippen molar-refractivity contribution in [2.75, 3.05) is 13.7 Å². The summed E-state index contributed by atoms with van der Waals surface area (Å²) in [7, 11) is -2.56. The molecule has 0 fully saturated rings. The molecular formula is C12H27NO4P-. The standard InChI is InChI=1S/C12H28NO4P/c1-9-17-18(14,15)10(11(2,3)4)13(16-8)12(5,6)7/h10H,9H2,1-8H3,(H,14,15)/p-1. The molecule has 0 aliphatic carbocycles. The Balaban J connectivity index is 5.57. The normalized spacial score (nSPS) is 18.8. The van der Waals surface area contributed by atoms with Gasteiger partial charge in [0.2, 0.25) is 0 Å². The minimum Gasteiger partial charge on any atom is -0.777 e. The molecule has 0 aromatic carbocycles. The average Bonchev–Trinajstić information content (AvgIpc) is 2.08. The van der Waals surface area contributed by atoms with Crippen molar-refractivity contribution in [3.8, 4) is 0 Å². The van der Waals surface area contributed by atoms with Crippen LogP contribution in [0.3, 0.4) is 0 Å². The van der Waals surface area contributed by atoms with Gasteiger partial charge < -0.3 is 18.8 Å². The molecule has 0 radical (unpaired) electrons. The van der Waals surface area contributed by atoms with Crippen molar-refractivity contribution in [2.45, 2.75) is 59.8 Å². The van der Waals surface area contributed by atoms with Gasteiger partial charge >= 0.3 is 0 Å². The van der Waals surface area contributed by atoms with E-state index < -0.39 is 24.3 Å². The first-order valence-electron chi connectivity index (χ1n) is 6.16. The van der Waals surface area contributed by atoms with Gasteiger partial charge in [-0.25, -0.2) is 0 Å². The van der Waals surface area contributed by atoms with Gasteiger partial charge in [-0.3, -0.25) is 0 Å². The lowest BCUT2D eigenvalue weighted by molar-refractivity contribution is -0.252. The van der Waals surface area contributed by atoms with Gasteiger partial charge in [-0.15, -0.1) is 0 Å². The third-order valence-corrected chi connectivity index (χ3v) is 4.66. The Labute approximate surface area is 111 Å². The van der Waals surface area contributed by atoms with Gasteiger partial charge in [0, 0.05) is 5.54 Å². The van der Waals surface area contributed by atoms with Crippen LogP contribution in [0.5, 0.6) is 0 Å². The largest absolute Gasteiger partial charge is 0.777 e. The molecule has 110 valence electrons. The molecule has 18 heavy (non-hydrogen) atoms. The maximum atomic E-state index is 12.3. The fraction of sp³-hybridized carbons (Fsp3) is 1.00. The van der Waals surface area contributed by atoms with E-state index in [0.29, 0.717) is 0 Å². The lowest BCUT2D eigenvalue weighted by atomic mass is 9.94. The van der Waals surface area contributed by atoms with Crippen LogP contribution in [0.2, 0.25) is 0 Å². The van der Waals surface area contributed by atoms with Crippen LogP contribution in [-0.4, -0.2) is 30.1 Å². The zero-order valence-corrected chi connectivity index (χ0v) is 13.7. The molecule has 0 saturated carbocycles. The van der Waals surface area contributed by atoms with E-state index in [9.17, 15) is 9.46 Å². The first-order chi connectivity index (χ1) is 7.88. The Hall–Kier alpha value is 0.0700. The van der Waals surface area contributed by atoms with Crippen molar-refractivity contribution in [2.24, 2.45) is 5.41 Å². The number of hydroxylamine groups is 2. The van der Waals surface area contributed by atoms with Gasteiger partial charge in [-0.2, -0.15) is 5.06 Å². The van der Waals surface area contributed by atoms with Gasteiger partial charge in [-0.1, -0.05) is 20.8 Å². The van der Waals surface area contributed by atoms with Gasteiger partial charge in [-0.05, 0) is 33.1 Å². The van der Waals surface area contributed by atoms with E-state index in [0.717, 1.165) is 0 Å². The summed E-state index contributed by atoms with van der Waals surface area (Å²) in [5.41, 5.74) is -0.959. The molecule has 0 amide bonds. The Kier molecular flexibility index (Phi) is 6.04. The average molecular weight is 280 g/mol. The second kappa shape index (κ2) is 6.02. The minimum atomic E-state index is -4.04. The topological polar surface area (TPSA) is 61.8 Å². The minimum absolute atomic E-state index is 0.134. The molecule has 0 bridgehead atoms. The highest BCUT2D eigenvalue weighted by Gasteiger charge is 2.44. The quantitative estimate of drug-likeness (QED) is 0.572. The fourth-order valence-corrected chi connectivity index (χ4v) is 4.09. The highest BCUT2D eigenvalue weighted by Crippen LogP contribution is 2.53. The Morgan fingerprint density at radius 3 is 1.89 bits per heavy atom. The molecule has 2 atom stereocenters. The van der Waals surface area contributed by atoms with E-state index >= 15 is 0 Å². The van der Waals surface area contributed by atoms with Crippen molar-refractivity contribution in [3.05, 3.63) is 0 Å². The highest BCUT2D eigenvalue weighted by atomic mass is 31.2. The van der Waals surface area contributed by atoms with Crippen molar-refractivity contribution in [3.63, 3.8) is 0 Å². The SMILES string of the molecule is CCOP(=O)([O-])C(N(OC)C(C)(C)C)C(C)(C)C. The molecule has 2 unspecified atom stereocenters. The van der Waals surface area contributed by atoms with Crippen LogP contribution in [0, 0.1) is 5.41 Å². The Morgan fingerprint density at radius 2 is 1.67 bits per heavy atom. The zero-order valence-electron chi connectivity index (χ0n) is 12.8. The monoisotopic (exact) mass is 280 g/mol. The Morgan fingerprint density at radius 1 is 1.22 bits per heavy atom. The maximum absolute atomic E-state index is 12.3. The second-order valence-electron chi connectivity index (χ2n) is 6.38. The maximum Gasteiger partial charge on any atom is 0.154 e. The molecule has 5 nitrogen and oxygen atoms in total. The lowest BCUT2D eigenvalue weighted by Gasteiger charge is -2.49. The van der Waals surface area contributed by atoms with Gasteiger partial charge in [0.05, 0.1) is 13.7 Å². The fourth-order valence-electron chi connectivity index (χ4n) is 1.95. The molecule has 0 rings (SSSR count). The van der Waals surface area contributed by atoms with Crippen LogP contribution < -0.4 is 4.89 Å². The molecule has 0 N–H and O–H groups in total. The zero-order chi connectivity index (χ0) is 14.8. The third-order valence-electron chi connectivity index (χ3n) is 2.46. The van der Waals surface area contributed by atoms with Gasteiger partial charge in [0.15, 0.2) is 7.60 Å². The second-order valence-corrected chi connectivity index (χ2v) is 8.20. The van der Waals surface area contributed by atoms with Crippen molar-refractivity contribution < 1.29 is 18.8 Å². The summed E-state index contributed by atoms with van der Waals surface area (Å²) in [5.74, 6) is -0.838. The summed E-state index contributed by atoms with van der Waals surface area (Å²) in [6.07, 6.45) is 0. The first-order valence-corrected chi connectivity index (χ1v) is 7.77. The summed E-state index contributed by atoms with van der Waals surface area (Å²) in [6, 6.07) is 0. The van der Waals surface area contributed by atoms with Crippen molar-refractivity contribution >= 4 is 7.60 Å². The van der Waals surface area contributed by atoms with Crippen LogP contribution in [-0.2, 0) is 13.9 Å². The van der Waals surface area contributed by atoms with Crippen LogP contribution in [0.25, 0.3) is 0 Å². The third kappa shape index (κ3) is 4.63. The van der Waals surface area contributed by atoms with E-state index in [1.807, 2.05) is 41.5 Å². The molecule has 0 aliphatic rings. The molecule has 0 spiro atoms. The van der Waals surface area contributed by atoms with E-state index in [-0.39, 0.29) is 6.61 Å². The van der Waals surface area contributed by atoms with Crippen molar-refractivity contribution in [1.82, 2.24) is 5.06 Å². The number of nitrogens with zero attached hydrogens (tertiary/aromatic N) is 1. The van der Waals surface area contributed by atoms with E-state index in [1.165, 1.54) is 12.2 Å². The summed E-state index contributed by atoms with van der Waals surface area (Å²) >= 11 is 0. The lowest BCUT2D eigenvalue weighted by Crippen LogP contribution is -2.53. The molecular weight excluding hydrogens is 253 g/mol. The van der Waals surface area contributed by atoms with Crippen LogP contribution in [0.15, 0.2) is 0 Å². The molecule has 0 heterocycles. The summed E-state index contributed by atoms with van der Waals surface area (Å²) < 4.78 is 17.3. The predicted octanol–water partition coefficient (Wildman–Crippen LogP) is 2.61. The highest BCUT2D eigenvalue weighted by molar-refractivity contribution is 7.52. The molecule has 0 aromatic heterocycles. The first kappa shape index (κ1) is 18.1. The smallest absolute Gasteiger partial charge is 0.154 e. The molecule has 6 heteroatoms. The van der Waals surface area contributed by atoms with E-state index in [2.05, 4.69) is 0 Å². The van der Waals surface area contributed by atoms with Crippen LogP contribution in [0.4, 0.5) is 0 Å². The molecule has 0 aliphatic heterocycles. The molecule has 0 saturated heterocycles. The van der Waals surface area contributed by atoms with Crippen LogP contribution >= 0.6 is 7.60 Å². The summed E-state index contributed by atoms with van der Waals surface area (Å²) in [5, 5.41) is 1.50. The van der Waals surface area contributed by atoms with Gasteiger partial charge in [0.25, 0.3) is 0 Å².